The zero-order valence-electron chi connectivity index (χ0n) is 11.1. The van der Waals surface area contributed by atoms with Crippen LogP contribution in [0.15, 0.2) is 17.6 Å². The molecule has 0 aliphatic heterocycles. The normalized spacial score (nSPS) is 13.7. The average Bonchev–Trinajstić information content (AvgIpc) is 3.04. The Morgan fingerprint density at radius 1 is 1.35 bits per heavy atom. The van der Waals surface area contributed by atoms with Gasteiger partial charge in [-0.3, -0.25) is 0 Å². The molecule has 0 spiro atoms. The van der Waals surface area contributed by atoms with Crippen LogP contribution in [0.5, 0.6) is 0 Å². The van der Waals surface area contributed by atoms with Crippen LogP contribution < -0.4 is 5.32 Å². The van der Waals surface area contributed by atoms with Gasteiger partial charge in [0.2, 0.25) is 0 Å². The molecule has 1 atom stereocenters. The van der Waals surface area contributed by atoms with Gasteiger partial charge in [0.1, 0.15) is 0 Å². The molecule has 2 aromatic heterocycles. The van der Waals surface area contributed by atoms with E-state index in [0.29, 0.717) is 22.8 Å². The lowest BCUT2D eigenvalue weighted by Crippen LogP contribution is -2.21. The summed E-state index contributed by atoms with van der Waals surface area (Å²) in [5, 5.41) is 4.44. The maximum Gasteiger partial charge on any atom is 0.443 e. The minimum Gasteiger partial charge on any atom is -0.305 e. The first-order valence-corrected chi connectivity index (χ1v) is 7.99. The van der Waals surface area contributed by atoms with Gasteiger partial charge in [-0.25, -0.2) is 4.98 Å². The molecule has 0 bridgehead atoms. The summed E-state index contributed by atoms with van der Waals surface area (Å²) in [5.41, 5.74) is 1.17. The average molecular weight is 320 g/mol. The van der Waals surface area contributed by atoms with Crippen molar-refractivity contribution in [2.24, 2.45) is 0 Å². The Morgan fingerprint density at radius 2 is 2.10 bits per heavy atom. The third-order valence-corrected chi connectivity index (χ3v) is 5.01. The smallest absolute Gasteiger partial charge is 0.305 e. The van der Waals surface area contributed by atoms with Crippen LogP contribution in [0.3, 0.4) is 0 Å². The lowest BCUT2D eigenvalue weighted by atomic mass is 10.1. The summed E-state index contributed by atoms with van der Waals surface area (Å²) >= 11 is 2.28. The summed E-state index contributed by atoms with van der Waals surface area (Å²) in [4.78, 5) is 5.20. The Morgan fingerprint density at radius 3 is 2.65 bits per heavy atom. The lowest BCUT2D eigenvalue weighted by Gasteiger charge is -2.16. The van der Waals surface area contributed by atoms with E-state index in [2.05, 4.69) is 10.3 Å². The molecule has 0 saturated heterocycles. The Labute approximate surface area is 123 Å². The molecule has 1 N–H and O–H groups in total. The van der Waals surface area contributed by atoms with E-state index in [1.54, 1.807) is 11.3 Å². The van der Waals surface area contributed by atoms with Crippen LogP contribution in [-0.4, -0.2) is 11.5 Å². The number of hydrogen-bond acceptors (Lipinski definition) is 4. The maximum absolute atomic E-state index is 12.7. The van der Waals surface area contributed by atoms with Crippen LogP contribution in [0.4, 0.5) is 13.2 Å². The van der Waals surface area contributed by atoms with Crippen molar-refractivity contribution in [3.05, 3.63) is 38.0 Å². The van der Waals surface area contributed by atoms with E-state index in [-0.39, 0.29) is 6.04 Å². The second-order valence-corrected chi connectivity index (χ2v) is 6.23. The molecule has 0 amide bonds. The van der Waals surface area contributed by atoms with Gasteiger partial charge in [0.25, 0.3) is 0 Å². The number of thiazole rings is 1. The van der Waals surface area contributed by atoms with E-state index in [1.807, 2.05) is 25.3 Å². The third kappa shape index (κ3) is 3.21. The van der Waals surface area contributed by atoms with Gasteiger partial charge in [-0.2, -0.15) is 13.2 Å². The Hall–Kier alpha value is -0.920. The fourth-order valence-corrected chi connectivity index (χ4v) is 4.00. The Kier molecular flexibility index (Phi) is 4.82. The number of rotatable bonds is 5. The highest BCUT2D eigenvalue weighted by atomic mass is 32.1. The molecule has 2 heterocycles. The molecule has 110 valence electrons. The number of nitrogens with zero attached hydrogens (tertiary/aromatic N) is 1. The van der Waals surface area contributed by atoms with Crippen LogP contribution in [-0.2, 0) is 12.6 Å². The monoisotopic (exact) mass is 320 g/mol. The molecule has 0 fully saturated rings. The first kappa shape index (κ1) is 15.5. The quantitative estimate of drug-likeness (QED) is 0.878. The fourth-order valence-electron chi connectivity index (χ4n) is 1.97. The van der Waals surface area contributed by atoms with Crippen LogP contribution in [0.25, 0.3) is 0 Å². The lowest BCUT2D eigenvalue weighted by molar-refractivity contribution is -0.137. The van der Waals surface area contributed by atoms with E-state index in [0.717, 1.165) is 11.3 Å². The van der Waals surface area contributed by atoms with E-state index in [4.69, 9.17) is 0 Å². The SMILES string of the molecule is CCNC(c1cnc(C(F)(F)F)s1)c1sccc1CC. The molecule has 0 aromatic carbocycles. The molecule has 2 rings (SSSR count). The highest BCUT2D eigenvalue weighted by Gasteiger charge is 2.35. The molecule has 0 radical (unpaired) electrons. The van der Waals surface area contributed by atoms with Crippen molar-refractivity contribution < 1.29 is 13.2 Å². The highest BCUT2D eigenvalue weighted by Crippen LogP contribution is 2.38. The summed E-state index contributed by atoms with van der Waals surface area (Å²) in [5.74, 6) is 0. The third-order valence-electron chi connectivity index (χ3n) is 2.88. The summed E-state index contributed by atoms with van der Waals surface area (Å²) in [7, 11) is 0. The number of hydrogen-bond donors (Lipinski definition) is 1. The molecule has 0 aliphatic rings. The van der Waals surface area contributed by atoms with Crippen molar-refractivity contribution in [2.75, 3.05) is 6.54 Å². The minimum atomic E-state index is -4.37. The zero-order valence-corrected chi connectivity index (χ0v) is 12.8. The van der Waals surface area contributed by atoms with Crippen LogP contribution in [0.2, 0.25) is 0 Å². The van der Waals surface area contributed by atoms with Gasteiger partial charge in [-0.15, -0.1) is 22.7 Å². The Balaban J connectivity index is 2.36. The number of alkyl halides is 3. The van der Waals surface area contributed by atoms with Gasteiger partial charge in [0, 0.05) is 16.0 Å². The van der Waals surface area contributed by atoms with Crippen molar-refractivity contribution in [3.63, 3.8) is 0 Å². The zero-order chi connectivity index (χ0) is 14.8. The number of aryl methyl sites for hydroxylation is 1. The molecule has 20 heavy (non-hydrogen) atoms. The van der Waals surface area contributed by atoms with Gasteiger partial charge < -0.3 is 5.32 Å². The highest BCUT2D eigenvalue weighted by molar-refractivity contribution is 7.12. The molecule has 0 saturated carbocycles. The van der Waals surface area contributed by atoms with E-state index in [1.165, 1.54) is 11.8 Å². The predicted octanol–water partition coefficient (Wildman–Crippen LogP) is 4.48. The topological polar surface area (TPSA) is 24.9 Å². The van der Waals surface area contributed by atoms with Crippen molar-refractivity contribution in [3.8, 4) is 0 Å². The van der Waals surface area contributed by atoms with Gasteiger partial charge in [0.15, 0.2) is 5.01 Å². The van der Waals surface area contributed by atoms with Crippen LogP contribution in [0, 0.1) is 0 Å². The second kappa shape index (κ2) is 6.24. The molecule has 2 aromatic rings. The van der Waals surface area contributed by atoms with Crippen molar-refractivity contribution >= 4 is 22.7 Å². The van der Waals surface area contributed by atoms with Crippen LogP contribution >= 0.6 is 22.7 Å². The van der Waals surface area contributed by atoms with Crippen molar-refractivity contribution in [1.82, 2.24) is 10.3 Å². The van der Waals surface area contributed by atoms with E-state index >= 15 is 0 Å². The predicted molar refractivity (Wildman–Crippen MR) is 76.3 cm³/mol. The first-order valence-electron chi connectivity index (χ1n) is 6.29. The standard InChI is InChI=1S/C13H15F3N2S2/c1-3-8-5-6-19-11(8)10(17-4-2)9-7-18-12(20-9)13(14,15)16/h5-7,10,17H,3-4H2,1-2H3. The number of nitrogens with one attached hydrogen (secondary N) is 1. The molecule has 2 nitrogen and oxygen atoms in total. The largest absolute Gasteiger partial charge is 0.443 e. The second-order valence-electron chi connectivity index (χ2n) is 4.22. The van der Waals surface area contributed by atoms with Gasteiger partial charge >= 0.3 is 6.18 Å². The van der Waals surface area contributed by atoms with E-state index < -0.39 is 11.2 Å². The van der Waals surface area contributed by atoms with Crippen molar-refractivity contribution in [1.29, 1.82) is 0 Å². The summed E-state index contributed by atoms with van der Waals surface area (Å²) in [6.45, 7) is 4.67. The Bertz CT molecular complexity index is 560. The van der Waals surface area contributed by atoms with Gasteiger partial charge in [-0.1, -0.05) is 13.8 Å². The maximum atomic E-state index is 12.7. The number of halogens is 3. The molecule has 1 unspecified atom stereocenters. The molecule has 0 aliphatic carbocycles. The van der Waals surface area contributed by atoms with E-state index in [9.17, 15) is 13.2 Å². The first-order chi connectivity index (χ1) is 9.47. The molecule has 7 heteroatoms. The molecular weight excluding hydrogens is 305 g/mol. The summed E-state index contributed by atoms with van der Waals surface area (Å²) in [6, 6.07) is 1.82. The number of aromatic nitrogens is 1. The van der Waals surface area contributed by atoms with Gasteiger partial charge in [-0.05, 0) is 30.0 Å². The summed E-state index contributed by atoms with van der Waals surface area (Å²) in [6.07, 6.45) is -2.17. The molecular formula is C13H15F3N2S2. The summed E-state index contributed by atoms with van der Waals surface area (Å²) < 4.78 is 38.0. The van der Waals surface area contributed by atoms with Crippen molar-refractivity contribution in [2.45, 2.75) is 32.5 Å². The minimum absolute atomic E-state index is 0.205. The fraction of sp³-hybridized carbons (Fsp3) is 0.462. The number of thiophene rings is 1. The van der Waals surface area contributed by atoms with Crippen LogP contribution in [0.1, 0.15) is 40.2 Å². The van der Waals surface area contributed by atoms with Gasteiger partial charge in [0.05, 0.1) is 6.04 Å².